The number of carboxylic acids is 1. The maximum atomic E-state index is 10.9. The average Bonchev–Trinajstić information content (AvgIpc) is 2.23. The van der Waals surface area contributed by atoms with Gasteiger partial charge in [-0.15, -0.1) is 0 Å². The molecule has 94 valence electrons. The van der Waals surface area contributed by atoms with Crippen molar-refractivity contribution in [2.24, 2.45) is 0 Å². The Balaban J connectivity index is 2.49. The lowest BCUT2D eigenvalue weighted by molar-refractivity contribution is 0.0692. The minimum Gasteiger partial charge on any atom is -0.493 e. The van der Waals surface area contributed by atoms with E-state index in [2.05, 4.69) is 0 Å². The van der Waals surface area contributed by atoms with Crippen molar-refractivity contribution in [3.8, 4) is 5.75 Å². The van der Waals surface area contributed by atoms with Gasteiger partial charge in [-0.2, -0.15) is 0 Å². The molecule has 0 spiro atoms. The molecule has 0 aliphatic rings. The van der Waals surface area contributed by atoms with Crippen molar-refractivity contribution < 1.29 is 14.6 Å². The SMILES string of the molecule is O=C(O)c1ccccc1OCCCC(Cl)(Cl)Cl. The van der Waals surface area contributed by atoms with Gasteiger partial charge in [0.1, 0.15) is 11.3 Å². The molecule has 1 aromatic rings. The summed E-state index contributed by atoms with van der Waals surface area (Å²) in [5.74, 6) is -0.703. The monoisotopic (exact) mass is 296 g/mol. The number of para-hydroxylation sites is 1. The Hall–Kier alpha value is -0.640. The quantitative estimate of drug-likeness (QED) is 0.662. The summed E-state index contributed by atoms with van der Waals surface area (Å²) in [4.78, 5) is 10.9. The fraction of sp³-hybridized carbons (Fsp3) is 0.364. The summed E-state index contributed by atoms with van der Waals surface area (Å²) in [6.45, 7) is 0.304. The van der Waals surface area contributed by atoms with Crippen LogP contribution in [0.2, 0.25) is 0 Å². The number of rotatable bonds is 5. The lowest BCUT2D eigenvalue weighted by Crippen LogP contribution is -2.08. The fourth-order valence-corrected chi connectivity index (χ4v) is 1.62. The van der Waals surface area contributed by atoms with Crippen LogP contribution in [0.3, 0.4) is 0 Å². The molecule has 0 aliphatic heterocycles. The molecular weight excluding hydrogens is 286 g/mol. The summed E-state index contributed by atoms with van der Waals surface area (Å²) in [6, 6.07) is 6.42. The van der Waals surface area contributed by atoms with E-state index in [0.717, 1.165) is 0 Å². The smallest absolute Gasteiger partial charge is 0.339 e. The van der Waals surface area contributed by atoms with Gasteiger partial charge in [0.05, 0.1) is 6.61 Å². The van der Waals surface area contributed by atoms with Crippen LogP contribution in [0, 0.1) is 0 Å². The van der Waals surface area contributed by atoms with E-state index < -0.39 is 9.76 Å². The summed E-state index contributed by atoms with van der Waals surface area (Å²) >= 11 is 16.7. The molecule has 3 nitrogen and oxygen atoms in total. The summed E-state index contributed by atoms with van der Waals surface area (Å²) in [5, 5.41) is 8.91. The first-order chi connectivity index (χ1) is 7.90. The molecular formula is C11H11Cl3O3. The van der Waals surface area contributed by atoms with E-state index in [0.29, 0.717) is 25.2 Å². The van der Waals surface area contributed by atoms with Gasteiger partial charge in [-0.1, -0.05) is 46.9 Å². The average molecular weight is 298 g/mol. The number of alkyl halides is 3. The zero-order valence-corrected chi connectivity index (χ0v) is 11.1. The third kappa shape index (κ3) is 5.48. The number of carbonyl (C=O) groups is 1. The molecule has 0 bridgehead atoms. The first-order valence-electron chi connectivity index (χ1n) is 4.92. The molecule has 17 heavy (non-hydrogen) atoms. The Morgan fingerprint density at radius 3 is 2.53 bits per heavy atom. The van der Waals surface area contributed by atoms with E-state index in [-0.39, 0.29) is 5.56 Å². The third-order valence-electron chi connectivity index (χ3n) is 1.98. The summed E-state index contributed by atoms with van der Waals surface area (Å²) in [5.41, 5.74) is 0.126. The molecule has 0 radical (unpaired) electrons. The normalized spacial score (nSPS) is 11.2. The van der Waals surface area contributed by atoms with Crippen molar-refractivity contribution in [3.05, 3.63) is 29.8 Å². The Bertz CT molecular complexity index is 388. The van der Waals surface area contributed by atoms with Crippen LogP contribution in [0.25, 0.3) is 0 Å². The van der Waals surface area contributed by atoms with Gasteiger partial charge in [0, 0.05) is 0 Å². The molecule has 1 N–H and O–H groups in total. The lowest BCUT2D eigenvalue weighted by atomic mass is 10.2. The van der Waals surface area contributed by atoms with E-state index >= 15 is 0 Å². The highest BCUT2D eigenvalue weighted by Crippen LogP contribution is 2.31. The lowest BCUT2D eigenvalue weighted by Gasteiger charge is -2.12. The van der Waals surface area contributed by atoms with Crippen molar-refractivity contribution in [1.82, 2.24) is 0 Å². The van der Waals surface area contributed by atoms with Crippen LogP contribution in [0.5, 0.6) is 5.75 Å². The van der Waals surface area contributed by atoms with E-state index in [4.69, 9.17) is 44.6 Å². The minimum absolute atomic E-state index is 0.126. The molecule has 0 saturated heterocycles. The molecule has 0 unspecified atom stereocenters. The minimum atomic E-state index is -1.30. The highest BCUT2D eigenvalue weighted by Gasteiger charge is 2.18. The van der Waals surface area contributed by atoms with Gasteiger partial charge in [0.2, 0.25) is 0 Å². The Kier molecular flexibility index (Phi) is 5.37. The van der Waals surface area contributed by atoms with Crippen LogP contribution in [-0.4, -0.2) is 21.5 Å². The number of aromatic carboxylic acids is 1. The Morgan fingerprint density at radius 1 is 1.29 bits per heavy atom. The van der Waals surface area contributed by atoms with Gasteiger partial charge < -0.3 is 9.84 Å². The van der Waals surface area contributed by atoms with Crippen molar-refractivity contribution in [3.63, 3.8) is 0 Å². The number of hydrogen-bond donors (Lipinski definition) is 1. The highest BCUT2D eigenvalue weighted by molar-refractivity contribution is 6.67. The largest absolute Gasteiger partial charge is 0.493 e. The van der Waals surface area contributed by atoms with Gasteiger partial charge in [-0.25, -0.2) is 4.79 Å². The zero-order valence-electron chi connectivity index (χ0n) is 8.83. The van der Waals surface area contributed by atoms with Gasteiger partial charge in [-0.05, 0) is 25.0 Å². The Morgan fingerprint density at radius 2 is 1.94 bits per heavy atom. The fourth-order valence-electron chi connectivity index (χ4n) is 1.22. The summed E-state index contributed by atoms with van der Waals surface area (Å²) in [6.07, 6.45) is 0.886. The number of halogens is 3. The molecule has 0 fully saturated rings. The number of hydrogen-bond acceptors (Lipinski definition) is 2. The topological polar surface area (TPSA) is 46.5 Å². The summed E-state index contributed by atoms with van der Waals surface area (Å²) < 4.78 is 4.04. The molecule has 0 aliphatic carbocycles. The van der Waals surface area contributed by atoms with Gasteiger partial charge in [-0.3, -0.25) is 0 Å². The molecule has 6 heteroatoms. The number of carboxylic acid groups (broad SMARTS) is 1. The molecule has 1 rings (SSSR count). The van der Waals surface area contributed by atoms with Crippen molar-refractivity contribution in [2.45, 2.75) is 16.6 Å². The van der Waals surface area contributed by atoms with Crippen molar-refractivity contribution in [2.75, 3.05) is 6.61 Å². The predicted octanol–water partition coefficient (Wildman–Crippen LogP) is 3.91. The van der Waals surface area contributed by atoms with Gasteiger partial charge >= 0.3 is 5.97 Å². The molecule has 0 heterocycles. The van der Waals surface area contributed by atoms with Gasteiger partial charge in [0.25, 0.3) is 0 Å². The van der Waals surface area contributed by atoms with Crippen molar-refractivity contribution >= 4 is 40.8 Å². The molecule has 0 aromatic heterocycles. The number of benzene rings is 1. The molecule has 0 amide bonds. The Labute approximate surface area is 114 Å². The van der Waals surface area contributed by atoms with E-state index in [1.54, 1.807) is 18.2 Å². The first-order valence-corrected chi connectivity index (χ1v) is 6.05. The van der Waals surface area contributed by atoms with Crippen LogP contribution >= 0.6 is 34.8 Å². The molecule has 0 atom stereocenters. The maximum absolute atomic E-state index is 10.9. The van der Waals surface area contributed by atoms with Crippen LogP contribution < -0.4 is 4.74 Å². The van der Waals surface area contributed by atoms with Gasteiger partial charge in [0.15, 0.2) is 3.79 Å². The van der Waals surface area contributed by atoms with Crippen molar-refractivity contribution in [1.29, 1.82) is 0 Å². The maximum Gasteiger partial charge on any atom is 0.339 e. The second-order valence-corrected chi connectivity index (χ2v) is 5.88. The standard InChI is InChI=1S/C11H11Cl3O3/c12-11(13,14)6-3-7-17-9-5-2-1-4-8(9)10(15)16/h1-2,4-5H,3,6-7H2,(H,15,16). The predicted molar refractivity (Wildman–Crippen MR) is 68.4 cm³/mol. The van der Waals surface area contributed by atoms with E-state index in [1.807, 2.05) is 0 Å². The summed E-state index contributed by atoms with van der Waals surface area (Å²) in [7, 11) is 0. The third-order valence-corrected chi connectivity index (χ3v) is 2.55. The van der Waals surface area contributed by atoms with E-state index in [1.165, 1.54) is 6.07 Å². The molecule has 0 saturated carbocycles. The highest BCUT2D eigenvalue weighted by atomic mass is 35.6. The van der Waals surface area contributed by atoms with E-state index in [9.17, 15) is 4.79 Å². The first kappa shape index (κ1) is 14.4. The van der Waals surface area contributed by atoms with Crippen LogP contribution in [0.15, 0.2) is 24.3 Å². The number of ether oxygens (including phenoxy) is 1. The second kappa shape index (κ2) is 6.34. The zero-order chi connectivity index (χ0) is 12.9. The molecule has 1 aromatic carbocycles. The van der Waals surface area contributed by atoms with Crippen LogP contribution in [0.4, 0.5) is 0 Å². The second-order valence-electron chi connectivity index (χ2n) is 3.37. The van der Waals surface area contributed by atoms with Crippen LogP contribution in [-0.2, 0) is 0 Å². The van der Waals surface area contributed by atoms with Crippen LogP contribution in [0.1, 0.15) is 23.2 Å².